The highest BCUT2D eigenvalue weighted by molar-refractivity contribution is 7.99. The fourth-order valence-corrected chi connectivity index (χ4v) is 3.47. The van der Waals surface area contributed by atoms with Crippen molar-refractivity contribution in [3.63, 3.8) is 0 Å². The van der Waals surface area contributed by atoms with E-state index in [1.807, 2.05) is 18.2 Å². The molecular weight excluding hydrogens is 252 g/mol. The van der Waals surface area contributed by atoms with E-state index in [1.54, 1.807) is 11.8 Å². The van der Waals surface area contributed by atoms with Crippen molar-refractivity contribution in [3.05, 3.63) is 23.8 Å². The second-order valence-electron chi connectivity index (χ2n) is 5.28. The van der Waals surface area contributed by atoms with Gasteiger partial charge in [0.15, 0.2) is 0 Å². The van der Waals surface area contributed by atoms with Gasteiger partial charge < -0.3 is 5.32 Å². The molecule has 19 heavy (non-hydrogen) atoms. The summed E-state index contributed by atoms with van der Waals surface area (Å²) in [7, 11) is 0. The first-order valence-corrected chi connectivity index (χ1v) is 8.13. The van der Waals surface area contributed by atoms with E-state index in [0.29, 0.717) is 5.41 Å². The largest absolute Gasteiger partial charge is 0.383 e. The summed E-state index contributed by atoms with van der Waals surface area (Å²) < 4.78 is 0. The first-order valence-electron chi connectivity index (χ1n) is 7.14. The standard InChI is InChI=1S/C16H22N2S/c1-3-16(9-6-10-16)12-18-14-7-5-8-15(19-4-2)13(14)11-17/h5,7-8,18H,3-4,6,9-10,12H2,1-2H3. The van der Waals surface area contributed by atoms with Gasteiger partial charge >= 0.3 is 0 Å². The van der Waals surface area contributed by atoms with Crippen LogP contribution in [0.1, 0.15) is 45.1 Å². The van der Waals surface area contributed by atoms with Crippen LogP contribution in [0.5, 0.6) is 0 Å². The molecule has 0 atom stereocenters. The van der Waals surface area contributed by atoms with E-state index in [1.165, 1.54) is 25.7 Å². The van der Waals surface area contributed by atoms with Crippen LogP contribution in [0.4, 0.5) is 5.69 Å². The molecule has 0 spiro atoms. The predicted molar refractivity (Wildman–Crippen MR) is 82.6 cm³/mol. The van der Waals surface area contributed by atoms with E-state index in [0.717, 1.165) is 28.4 Å². The summed E-state index contributed by atoms with van der Waals surface area (Å²) in [6.45, 7) is 5.39. The molecule has 0 bridgehead atoms. The lowest BCUT2D eigenvalue weighted by atomic mass is 9.67. The number of rotatable bonds is 6. The Bertz CT molecular complexity index is 467. The number of nitrogens with zero attached hydrogens (tertiary/aromatic N) is 1. The number of thioether (sulfide) groups is 1. The maximum atomic E-state index is 9.38. The molecule has 1 aromatic carbocycles. The van der Waals surface area contributed by atoms with Gasteiger partial charge in [-0.15, -0.1) is 11.8 Å². The minimum Gasteiger partial charge on any atom is -0.383 e. The SMILES string of the molecule is CCSc1cccc(NCC2(CC)CCC2)c1C#N. The van der Waals surface area contributed by atoms with E-state index < -0.39 is 0 Å². The number of anilines is 1. The molecule has 1 aliphatic carbocycles. The first kappa shape index (κ1) is 14.3. The van der Waals surface area contributed by atoms with Crippen molar-refractivity contribution < 1.29 is 0 Å². The van der Waals surface area contributed by atoms with Crippen molar-refractivity contribution in [2.45, 2.75) is 44.4 Å². The third kappa shape index (κ3) is 3.06. The zero-order valence-corrected chi connectivity index (χ0v) is 12.6. The Hall–Kier alpha value is -1.14. The average Bonchev–Trinajstić information content (AvgIpc) is 2.38. The molecule has 102 valence electrons. The third-order valence-electron chi connectivity index (χ3n) is 4.26. The topological polar surface area (TPSA) is 35.8 Å². The van der Waals surface area contributed by atoms with Gasteiger partial charge in [0.25, 0.3) is 0 Å². The molecule has 0 amide bonds. The van der Waals surface area contributed by atoms with Crippen molar-refractivity contribution in [1.29, 1.82) is 5.26 Å². The van der Waals surface area contributed by atoms with E-state index in [2.05, 4.69) is 25.2 Å². The summed E-state index contributed by atoms with van der Waals surface area (Å²) in [5, 5.41) is 12.9. The first-order chi connectivity index (χ1) is 9.24. The summed E-state index contributed by atoms with van der Waals surface area (Å²) in [5.74, 6) is 0.997. The Morgan fingerprint density at radius 2 is 2.16 bits per heavy atom. The van der Waals surface area contributed by atoms with Crippen molar-refractivity contribution in [2.24, 2.45) is 5.41 Å². The second kappa shape index (κ2) is 6.34. The number of hydrogen-bond donors (Lipinski definition) is 1. The Morgan fingerprint density at radius 1 is 1.37 bits per heavy atom. The van der Waals surface area contributed by atoms with Crippen molar-refractivity contribution in [3.8, 4) is 6.07 Å². The summed E-state index contributed by atoms with van der Waals surface area (Å²) in [6, 6.07) is 8.46. The fourth-order valence-electron chi connectivity index (χ4n) is 2.68. The smallest absolute Gasteiger partial charge is 0.102 e. The molecule has 0 unspecified atom stereocenters. The van der Waals surface area contributed by atoms with Crippen LogP contribution in [0.3, 0.4) is 0 Å². The van der Waals surface area contributed by atoms with Crippen LogP contribution in [0.15, 0.2) is 23.1 Å². The van der Waals surface area contributed by atoms with Crippen LogP contribution >= 0.6 is 11.8 Å². The van der Waals surface area contributed by atoms with Gasteiger partial charge in [-0.1, -0.05) is 26.3 Å². The van der Waals surface area contributed by atoms with Gasteiger partial charge in [0, 0.05) is 11.4 Å². The molecule has 1 aromatic rings. The highest BCUT2D eigenvalue weighted by Crippen LogP contribution is 2.44. The van der Waals surface area contributed by atoms with E-state index in [-0.39, 0.29) is 0 Å². The number of hydrogen-bond acceptors (Lipinski definition) is 3. The molecule has 0 radical (unpaired) electrons. The molecule has 0 saturated heterocycles. The average molecular weight is 274 g/mol. The normalized spacial score (nSPS) is 16.5. The molecule has 1 fully saturated rings. The maximum Gasteiger partial charge on any atom is 0.102 e. The number of nitrogens with one attached hydrogen (secondary N) is 1. The quantitative estimate of drug-likeness (QED) is 0.766. The fraction of sp³-hybridized carbons (Fsp3) is 0.562. The molecule has 2 rings (SSSR count). The molecule has 1 N–H and O–H groups in total. The van der Waals surface area contributed by atoms with Gasteiger partial charge in [-0.05, 0) is 42.6 Å². The lowest BCUT2D eigenvalue weighted by Gasteiger charge is -2.41. The van der Waals surface area contributed by atoms with Crippen molar-refractivity contribution in [1.82, 2.24) is 0 Å². The molecule has 1 saturated carbocycles. The van der Waals surface area contributed by atoms with Crippen molar-refractivity contribution in [2.75, 3.05) is 17.6 Å². The zero-order chi connectivity index (χ0) is 13.7. The number of benzene rings is 1. The zero-order valence-electron chi connectivity index (χ0n) is 11.8. The van der Waals surface area contributed by atoms with Crippen LogP contribution in [-0.4, -0.2) is 12.3 Å². The van der Waals surface area contributed by atoms with Gasteiger partial charge in [-0.25, -0.2) is 0 Å². The molecule has 2 nitrogen and oxygen atoms in total. The second-order valence-corrected chi connectivity index (χ2v) is 6.59. The Labute approximate surface area is 120 Å². The van der Waals surface area contributed by atoms with Gasteiger partial charge in [-0.3, -0.25) is 0 Å². The lowest BCUT2D eigenvalue weighted by molar-refractivity contribution is 0.145. The molecular formula is C16H22N2S. The molecule has 0 aromatic heterocycles. The van der Waals surface area contributed by atoms with Crippen LogP contribution in [0.2, 0.25) is 0 Å². The summed E-state index contributed by atoms with van der Waals surface area (Å²) in [6.07, 6.45) is 5.22. The van der Waals surface area contributed by atoms with Gasteiger partial charge in [0.2, 0.25) is 0 Å². The van der Waals surface area contributed by atoms with Gasteiger partial charge in [-0.2, -0.15) is 5.26 Å². The molecule has 1 aliphatic rings. The molecule has 0 aliphatic heterocycles. The Kier molecular flexibility index (Phi) is 4.76. The van der Waals surface area contributed by atoms with E-state index in [4.69, 9.17) is 0 Å². The van der Waals surface area contributed by atoms with E-state index in [9.17, 15) is 5.26 Å². The minimum atomic E-state index is 0.473. The Morgan fingerprint density at radius 3 is 2.68 bits per heavy atom. The molecule has 3 heteroatoms. The van der Waals surface area contributed by atoms with Crippen molar-refractivity contribution >= 4 is 17.4 Å². The predicted octanol–water partition coefficient (Wildman–Crippen LogP) is 4.66. The van der Waals surface area contributed by atoms with E-state index >= 15 is 0 Å². The summed E-state index contributed by atoms with van der Waals surface area (Å²) in [5.41, 5.74) is 2.28. The van der Waals surface area contributed by atoms with Crippen LogP contribution < -0.4 is 5.32 Å². The number of nitriles is 1. The molecule has 0 heterocycles. The van der Waals surface area contributed by atoms with Crippen LogP contribution in [0, 0.1) is 16.7 Å². The van der Waals surface area contributed by atoms with Crippen LogP contribution in [-0.2, 0) is 0 Å². The Balaban J connectivity index is 2.11. The minimum absolute atomic E-state index is 0.473. The van der Waals surface area contributed by atoms with Gasteiger partial charge in [0.05, 0.1) is 11.3 Å². The third-order valence-corrected chi connectivity index (χ3v) is 5.20. The highest BCUT2D eigenvalue weighted by atomic mass is 32.2. The monoisotopic (exact) mass is 274 g/mol. The highest BCUT2D eigenvalue weighted by Gasteiger charge is 2.34. The van der Waals surface area contributed by atoms with Crippen LogP contribution in [0.25, 0.3) is 0 Å². The summed E-state index contributed by atoms with van der Waals surface area (Å²) >= 11 is 1.74. The summed E-state index contributed by atoms with van der Waals surface area (Å²) in [4.78, 5) is 1.09. The lowest BCUT2D eigenvalue weighted by Crippen LogP contribution is -2.36. The van der Waals surface area contributed by atoms with Gasteiger partial charge in [0.1, 0.15) is 6.07 Å². The maximum absolute atomic E-state index is 9.38.